The summed E-state index contributed by atoms with van der Waals surface area (Å²) >= 11 is 1.80. The van der Waals surface area contributed by atoms with Gasteiger partial charge in [-0.15, -0.1) is 11.3 Å². The molecule has 3 N–H and O–H groups in total. The molecule has 0 amide bonds. The first kappa shape index (κ1) is 15.0. The summed E-state index contributed by atoms with van der Waals surface area (Å²) in [6.07, 6.45) is 4.87. The number of rotatable bonds is 8. The zero-order chi connectivity index (χ0) is 14.4. The lowest BCUT2D eigenvalue weighted by Crippen LogP contribution is -2.30. The fourth-order valence-electron chi connectivity index (χ4n) is 2.37. The molecule has 0 saturated heterocycles. The Bertz CT molecular complexity index is 488. The van der Waals surface area contributed by atoms with Crippen molar-refractivity contribution in [3.05, 3.63) is 34.3 Å². The van der Waals surface area contributed by atoms with Gasteiger partial charge in [0.15, 0.2) is 5.75 Å². The third-order valence-electron chi connectivity index (χ3n) is 3.39. The number of hydrogen-bond acceptors (Lipinski definition) is 5. The molecule has 0 bridgehead atoms. The third-order valence-corrected chi connectivity index (χ3v) is 4.33. The molecule has 6 heteroatoms. The Morgan fingerprint density at radius 3 is 3.00 bits per heavy atom. The number of ether oxygens (including phenoxy) is 1. The second-order valence-corrected chi connectivity index (χ2v) is 5.64. The maximum atomic E-state index is 5.73. The highest BCUT2D eigenvalue weighted by atomic mass is 32.1. The summed E-state index contributed by atoms with van der Waals surface area (Å²) in [5, 5.41) is 6.44. The number of aromatic nitrogens is 2. The Kier molecular flexibility index (Phi) is 5.58. The monoisotopic (exact) mass is 294 g/mol. The van der Waals surface area contributed by atoms with Crippen molar-refractivity contribution < 1.29 is 4.74 Å². The van der Waals surface area contributed by atoms with Crippen molar-refractivity contribution in [2.24, 2.45) is 5.84 Å². The molecule has 2 heterocycles. The van der Waals surface area contributed by atoms with Gasteiger partial charge < -0.3 is 4.74 Å². The Balaban J connectivity index is 2.02. The summed E-state index contributed by atoms with van der Waals surface area (Å²) in [5.74, 6) is 6.52. The van der Waals surface area contributed by atoms with E-state index in [1.807, 2.05) is 4.68 Å². The van der Waals surface area contributed by atoms with Gasteiger partial charge in [-0.25, -0.2) is 0 Å². The lowest BCUT2D eigenvalue weighted by Gasteiger charge is -2.18. The van der Waals surface area contributed by atoms with Crippen molar-refractivity contribution in [1.82, 2.24) is 15.2 Å². The fraction of sp³-hybridized carbons (Fsp3) is 0.500. The van der Waals surface area contributed by atoms with Gasteiger partial charge in [0.25, 0.3) is 0 Å². The molecule has 0 aliphatic rings. The molecule has 0 aliphatic carbocycles. The molecule has 110 valence electrons. The molecule has 0 aromatic carbocycles. The van der Waals surface area contributed by atoms with Gasteiger partial charge >= 0.3 is 0 Å². The van der Waals surface area contributed by atoms with Gasteiger partial charge in [0, 0.05) is 11.4 Å². The molecule has 2 rings (SSSR count). The van der Waals surface area contributed by atoms with E-state index in [1.54, 1.807) is 24.6 Å². The molecule has 0 aliphatic heterocycles. The van der Waals surface area contributed by atoms with Crippen LogP contribution in [0.2, 0.25) is 0 Å². The predicted molar refractivity (Wildman–Crippen MR) is 81.8 cm³/mol. The minimum absolute atomic E-state index is 0.0624. The molecule has 0 saturated carbocycles. The lowest BCUT2D eigenvalue weighted by atomic mass is 10.1. The van der Waals surface area contributed by atoms with Crippen molar-refractivity contribution in [2.75, 3.05) is 7.11 Å². The highest BCUT2D eigenvalue weighted by Gasteiger charge is 2.20. The number of hydrazine groups is 1. The summed E-state index contributed by atoms with van der Waals surface area (Å²) in [6.45, 7) is 2.87. The SMILES string of the molecule is CCn1ncc(OC)c1C(CCCc1cccs1)NN. The third kappa shape index (κ3) is 3.39. The highest BCUT2D eigenvalue weighted by Crippen LogP contribution is 2.28. The van der Waals surface area contributed by atoms with E-state index in [1.165, 1.54) is 4.88 Å². The Hall–Kier alpha value is -1.37. The van der Waals surface area contributed by atoms with Crippen LogP contribution in [0.4, 0.5) is 0 Å². The van der Waals surface area contributed by atoms with E-state index in [0.717, 1.165) is 37.3 Å². The zero-order valence-corrected chi connectivity index (χ0v) is 12.8. The van der Waals surface area contributed by atoms with Crippen molar-refractivity contribution >= 4 is 11.3 Å². The van der Waals surface area contributed by atoms with Crippen LogP contribution >= 0.6 is 11.3 Å². The van der Waals surface area contributed by atoms with Gasteiger partial charge in [0.2, 0.25) is 0 Å². The van der Waals surface area contributed by atoms with Gasteiger partial charge in [-0.2, -0.15) is 5.10 Å². The van der Waals surface area contributed by atoms with Gasteiger partial charge in [0.1, 0.15) is 0 Å². The topological polar surface area (TPSA) is 65.1 Å². The molecule has 0 spiro atoms. The fourth-order valence-corrected chi connectivity index (χ4v) is 3.12. The van der Waals surface area contributed by atoms with E-state index in [0.29, 0.717) is 0 Å². The van der Waals surface area contributed by atoms with E-state index in [-0.39, 0.29) is 6.04 Å². The predicted octanol–water partition coefficient (Wildman–Crippen LogP) is 2.50. The molecular formula is C14H22N4OS. The standard InChI is InChI=1S/C14H22N4OS/c1-3-18-14(13(19-2)10-16-18)12(17-15)8-4-6-11-7-5-9-20-11/h5,7,9-10,12,17H,3-4,6,8,15H2,1-2H3. The molecule has 20 heavy (non-hydrogen) atoms. The minimum Gasteiger partial charge on any atom is -0.493 e. The Labute approximate surface area is 123 Å². The Morgan fingerprint density at radius 1 is 1.55 bits per heavy atom. The summed E-state index contributed by atoms with van der Waals surface area (Å²) < 4.78 is 7.33. The number of methoxy groups -OCH3 is 1. The quantitative estimate of drug-likeness (QED) is 0.580. The molecule has 0 radical (unpaired) electrons. The van der Waals surface area contributed by atoms with Crippen molar-refractivity contribution in [3.63, 3.8) is 0 Å². The first-order valence-electron chi connectivity index (χ1n) is 6.88. The van der Waals surface area contributed by atoms with Crippen molar-refractivity contribution in [2.45, 2.75) is 38.8 Å². The molecule has 1 unspecified atom stereocenters. The first-order chi connectivity index (χ1) is 9.80. The van der Waals surface area contributed by atoms with Crippen LogP contribution < -0.4 is 16.0 Å². The van der Waals surface area contributed by atoms with E-state index in [9.17, 15) is 0 Å². The molecule has 0 fully saturated rings. The number of nitrogens with one attached hydrogen (secondary N) is 1. The normalized spacial score (nSPS) is 12.6. The van der Waals surface area contributed by atoms with Crippen LogP contribution in [0.25, 0.3) is 0 Å². The number of nitrogens with zero attached hydrogens (tertiary/aromatic N) is 2. The maximum absolute atomic E-state index is 5.73. The minimum atomic E-state index is 0.0624. The average Bonchev–Trinajstić information content (AvgIpc) is 3.12. The second-order valence-electron chi connectivity index (χ2n) is 4.60. The van der Waals surface area contributed by atoms with Gasteiger partial charge in [-0.05, 0) is 37.6 Å². The number of thiophene rings is 1. The van der Waals surface area contributed by atoms with Crippen molar-refractivity contribution in [1.29, 1.82) is 0 Å². The van der Waals surface area contributed by atoms with Crippen LogP contribution in [0.3, 0.4) is 0 Å². The van der Waals surface area contributed by atoms with Crippen LogP contribution in [-0.2, 0) is 13.0 Å². The van der Waals surface area contributed by atoms with Gasteiger partial charge in [-0.1, -0.05) is 6.07 Å². The molecule has 2 aromatic heterocycles. The maximum Gasteiger partial charge on any atom is 0.161 e. The summed E-state index contributed by atoms with van der Waals surface area (Å²) in [6, 6.07) is 4.33. The summed E-state index contributed by atoms with van der Waals surface area (Å²) in [7, 11) is 1.67. The molecular weight excluding hydrogens is 272 g/mol. The van der Waals surface area contributed by atoms with Crippen LogP contribution in [0.15, 0.2) is 23.7 Å². The average molecular weight is 294 g/mol. The smallest absolute Gasteiger partial charge is 0.161 e. The van der Waals surface area contributed by atoms with E-state index in [2.05, 4.69) is 35.0 Å². The lowest BCUT2D eigenvalue weighted by molar-refractivity contribution is 0.384. The number of nitrogens with two attached hydrogens (primary N) is 1. The van der Waals surface area contributed by atoms with Crippen LogP contribution in [0.5, 0.6) is 5.75 Å². The number of hydrogen-bond donors (Lipinski definition) is 2. The Morgan fingerprint density at radius 2 is 2.40 bits per heavy atom. The second kappa shape index (κ2) is 7.42. The molecule has 1 atom stereocenters. The molecule has 2 aromatic rings. The zero-order valence-electron chi connectivity index (χ0n) is 12.0. The van der Waals surface area contributed by atoms with Gasteiger partial charge in [0.05, 0.1) is 25.0 Å². The highest BCUT2D eigenvalue weighted by molar-refractivity contribution is 7.09. The summed E-state index contributed by atoms with van der Waals surface area (Å²) in [5.41, 5.74) is 3.93. The number of aryl methyl sites for hydroxylation is 2. The van der Waals surface area contributed by atoms with Crippen LogP contribution in [0, 0.1) is 0 Å². The first-order valence-corrected chi connectivity index (χ1v) is 7.76. The van der Waals surface area contributed by atoms with Crippen LogP contribution in [-0.4, -0.2) is 16.9 Å². The van der Waals surface area contributed by atoms with E-state index in [4.69, 9.17) is 10.6 Å². The summed E-state index contributed by atoms with van der Waals surface area (Å²) in [4.78, 5) is 1.41. The largest absolute Gasteiger partial charge is 0.493 e. The van der Waals surface area contributed by atoms with Crippen LogP contribution in [0.1, 0.15) is 36.4 Å². The van der Waals surface area contributed by atoms with Gasteiger partial charge in [-0.3, -0.25) is 16.0 Å². The van der Waals surface area contributed by atoms with Crippen molar-refractivity contribution in [3.8, 4) is 5.75 Å². The van der Waals surface area contributed by atoms with E-state index < -0.39 is 0 Å². The molecule has 5 nitrogen and oxygen atoms in total. The van der Waals surface area contributed by atoms with E-state index >= 15 is 0 Å².